The van der Waals surface area contributed by atoms with Crippen molar-refractivity contribution in [1.82, 2.24) is 0 Å². The van der Waals surface area contributed by atoms with E-state index in [2.05, 4.69) is 54.8 Å². The molecule has 0 aliphatic rings. The topological polar surface area (TPSA) is 149 Å². The van der Waals surface area contributed by atoms with E-state index in [1.807, 2.05) is 0 Å². The Morgan fingerprint density at radius 3 is 1.51 bits per heavy atom. The summed E-state index contributed by atoms with van der Waals surface area (Å²) >= 11 is 0. The Morgan fingerprint density at radius 1 is 0.566 bits per heavy atom. The monoisotopic (exact) mass is 773 g/mol. The van der Waals surface area contributed by atoms with Crippen molar-refractivity contribution in [2.45, 2.75) is 193 Å². The number of rotatable bonds is 39. The molecular formula is C42H77O10P. The van der Waals surface area contributed by atoms with Gasteiger partial charge in [-0.2, -0.15) is 0 Å². The molecule has 0 spiro atoms. The molecule has 0 radical (unpaired) electrons. The lowest BCUT2D eigenvalue weighted by Crippen LogP contribution is -2.29. The van der Waals surface area contributed by atoms with Gasteiger partial charge in [-0.3, -0.25) is 18.6 Å². The van der Waals surface area contributed by atoms with E-state index in [0.717, 1.165) is 77.0 Å². The minimum absolute atomic E-state index is 0.167. The Bertz CT molecular complexity index is 983. The third kappa shape index (κ3) is 38.3. The Labute approximate surface area is 322 Å². The van der Waals surface area contributed by atoms with E-state index < -0.39 is 51.8 Å². The first-order valence-corrected chi connectivity index (χ1v) is 22.4. The molecule has 53 heavy (non-hydrogen) atoms. The smallest absolute Gasteiger partial charge is 0.462 e. The maximum atomic E-state index is 12.6. The quantitative estimate of drug-likeness (QED) is 0.0238. The number of hydrogen-bond acceptors (Lipinski definition) is 9. The van der Waals surface area contributed by atoms with Crippen molar-refractivity contribution >= 4 is 19.8 Å². The first kappa shape index (κ1) is 51.2. The van der Waals surface area contributed by atoms with Gasteiger partial charge in [0.05, 0.1) is 19.8 Å². The number of phosphoric ester groups is 1. The highest BCUT2D eigenvalue weighted by Crippen LogP contribution is 2.43. The number of esters is 2. The molecule has 0 aromatic heterocycles. The summed E-state index contributed by atoms with van der Waals surface area (Å²) in [5.41, 5.74) is 0. The van der Waals surface area contributed by atoms with Crippen molar-refractivity contribution in [3.63, 3.8) is 0 Å². The van der Waals surface area contributed by atoms with E-state index >= 15 is 0 Å². The predicted molar refractivity (Wildman–Crippen MR) is 214 cm³/mol. The van der Waals surface area contributed by atoms with Crippen LogP contribution >= 0.6 is 7.82 Å². The van der Waals surface area contributed by atoms with E-state index in [-0.39, 0.29) is 19.4 Å². The molecule has 10 nitrogen and oxygen atoms in total. The van der Waals surface area contributed by atoms with Crippen LogP contribution in [0.1, 0.15) is 181 Å². The standard InChI is InChI=1S/C42H77O10P/c1-3-5-7-9-11-13-15-17-19-21-23-25-27-29-31-33-41(45)49-37-40(38-51-53(47,48)50-36-39(44)35-43)52-42(46)34-32-30-28-26-24-22-20-18-16-14-12-10-8-6-4-2/h12,14,17-20,39-40,43-44H,3-11,13,15-16,21-38H2,1-2H3,(H,47,48)/b14-12+,19-17+,20-18+/t39-,40+/m0/s1. The number of aliphatic hydroxyl groups is 2. The second kappa shape index (κ2) is 38.5. The zero-order chi connectivity index (χ0) is 39.1. The molecule has 3 N–H and O–H groups in total. The summed E-state index contributed by atoms with van der Waals surface area (Å²) < 4.78 is 32.6. The summed E-state index contributed by atoms with van der Waals surface area (Å²) in [7, 11) is -4.62. The zero-order valence-electron chi connectivity index (χ0n) is 33.5. The van der Waals surface area contributed by atoms with Crippen LogP contribution in [-0.4, -0.2) is 65.7 Å². The second-order valence-electron chi connectivity index (χ2n) is 14.0. The highest BCUT2D eigenvalue weighted by Gasteiger charge is 2.27. The molecule has 0 aliphatic carbocycles. The number of ether oxygens (including phenoxy) is 2. The third-order valence-electron chi connectivity index (χ3n) is 8.77. The van der Waals surface area contributed by atoms with Gasteiger partial charge < -0.3 is 24.6 Å². The fourth-order valence-corrected chi connectivity index (χ4v) is 6.28. The van der Waals surface area contributed by atoms with Gasteiger partial charge >= 0.3 is 19.8 Å². The van der Waals surface area contributed by atoms with E-state index in [1.54, 1.807) is 0 Å². The van der Waals surface area contributed by atoms with Gasteiger partial charge in [0.15, 0.2) is 6.10 Å². The summed E-state index contributed by atoms with van der Waals surface area (Å²) in [5.74, 6) is -0.950. The molecule has 1 unspecified atom stereocenters. The van der Waals surface area contributed by atoms with Gasteiger partial charge in [-0.25, -0.2) is 4.57 Å². The number of carbonyl (C=O) groups excluding carboxylic acids is 2. The average molecular weight is 773 g/mol. The summed E-state index contributed by atoms with van der Waals surface area (Å²) in [6, 6.07) is 0. The molecule has 11 heteroatoms. The number of allylic oxidation sites excluding steroid dienone is 6. The molecule has 0 aliphatic heterocycles. The second-order valence-corrected chi connectivity index (χ2v) is 15.5. The van der Waals surface area contributed by atoms with E-state index in [0.29, 0.717) is 12.8 Å². The van der Waals surface area contributed by atoms with Crippen molar-refractivity contribution in [2.24, 2.45) is 0 Å². The largest absolute Gasteiger partial charge is 0.472 e. The molecule has 0 heterocycles. The Kier molecular flexibility index (Phi) is 37.2. The third-order valence-corrected chi connectivity index (χ3v) is 9.72. The van der Waals surface area contributed by atoms with E-state index in [9.17, 15) is 24.2 Å². The summed E-state index contributed by atoms with van der Waals surface area (Å²) in [5, 5.41) is 18.3. The van der Waals surface area contributed by atoms with Crippen molar-refractivity contribution in [1.29, 1.82) is 0 Å². The fraction of sp³-hybridized carbons (Fsp3) is 0.810. The van der Waals surface area contributed by atoms with Crippen molar-refractivity contribution in [3.8, 4) is 0 Å². The lowest BCUT2D eigenvalue weighted by Gasteiger charge is -2.20. The maximum absolute atomic E-state index is 12.6. The van der Waals surface area contributed by atoms with Gasteiger partial charge in [-0.05, 0) is 70.6 Å². The van der Waals surface area contributed by atoms with Crippen molar-refractivity contribution < 1.29 is 47.8 Å². The molecule has 0 aromatic rings. The SMILES string of the molecule is CCCCC/C=C/C/C=C/CCCCCCCC(=O)O[C@H](COC(=O)CCCCCCC/C=C/CCCCCCCC)COP(=O)(O)OC[C@@H](O)CO. The highest BCUT2D eigenvalue weighted by molar-refractivity contribution is 7.47. The van der Waals surface area contributed by atoms with Crippen LogP contribution in [0.5, 0.6) is 0 Å². The Hall–Kier alpha value is -1.81. The lowest BCUT2D eigenvalue weighted by atomic mass is 10.1. The molecule has 310 valence electrons. The molecule has 0 fully saturated rings. The average Bonchev–Trinajstić information content (AvgIpc) is 3.14. The normalized spacial score (nSPS) is 14.3. The molecule has 0 rings (SSSR count). The first-order valence-electron chi connectivity index (χ1n) is 20.9. The fourth-order valence-electron chi connectivity index (χ4n) is 5.49. The van der Waals surface area contributed by atoms with Crippen LogP contribution in [0.3, 0.4) is 0 Å². The minimum atomic E-state index is -4.62. The predicted octanol–water partition coefficient (Wildman–Crippen LogP) is 10.8. The highest BCUT2D eigenvalue weighted by atomic mass is 31.2. The van der Waals surface area contributed by atoms with Gasteiger partial charge in [0.1, 0.15) is 12.7 Å². The maximum Gasteiger partial charge on any atom is 0.472 e. The minimum Gasteiger partial charge on any atom is -0.462 e. The molecule has 0 bridgehead atoms. The van der Waals surface area contributed by atoms with E-state index in [1.165, 1.54) is 64.2 Å². The number of unbranched alkanes of at least 4 members (excludes halogenated alkanes) is 19. The van der Waals surface area contributed by atoms with Gasteiger partial charge in [0.2, 0.25) is 0 Å². The molecule has 0 saturated carbocycles. The van der Waals surface area contributed by atoms with Crippen LogP contribution in [0.25, 0.3) is 0 Å². The summed E-state index contributed by atoms with van der Waals surface area (Å²) in [4.78, 5) is 34.9. The van der Waals surface area contributed by atoms with E-state index in [4.69, 9.17) is 19.1 Å². The van der Waals surface area contributed by atoms with Crippen LogP contribution in [0, 0.1) is 0 Å². The van der Waals surface area contributed by atoms with Gasteiger partial charge in [0.25, 0.3) is 0 Å². The van der Waals surface area contributed by atoms with Crippen molar-refractivity contribution in [2.75, 3.05) is 26.4 Å². The summed E-state index contributed by atoms with van der Waals surface area (Å²) in [6.45, 7) is 2.32. The molecular weight excluding hydrogens is 695 g/mol. The van der Waals surface area contributed by atoms with Crippen LogP contribution < -0.4 is 0 Å². The van der Waals surface area contributed by atoms with Crippen LogP contribution in [0.2, 0.25) is 0 Å². The van der Waals surface area contributed by atoms with Crippen molar-refractivity contribution in [3.05, 3.63) is 36.5 Å². The van der Waals surface area contributed by atoms with Crippen LogP contribution in [0.4, 0.5) is 0 Å². The molecule has 0 amide bonds. The Balaban J connectivity index is 4.36. The van der Waals surface area contributed by atoms with Crippen LogP contribution in [0.15, 0.2) is 36.5 Å². The number of carbonyl (C=O) groups is 2. The number of aliphatic hydroxyl groups excluding tert-OH is 2. The number of hydrogen-bond donors (Lipinski definition) is 3. The first-order chi connectivity index (χ1) is 25.7. The molecule has 0 aromatic carbocycles. The zero-order valence-corrected chi connectivity index (χ0v) is 34.4. The Morgan fingerprint density at radius 2 is 0.981 bits per heavy atom. The van der Waals surface area contributed by atoms with Gasteiger partial charge in [-0.15, -0.1) is 0 Å². The number of phosphoric acid groups is 1. The van der Waals surface area contributed by atoms with Crippen LogP contribution in [-0.2, 0) is 32.7 Å². The van der Waals surface area contributed by atoms with Gasteiger partial charge in [0, 0.05) is 12.8 Å². The molecule has 3 atom stereocenters. The summed E-state index contributed by atoms with van der Waals surface area (Å²) in [6.07, 6.45) is 38.2. The van der Waals surface area contributed by atoms with Gasteiger partial charge in [-0.1, -0.05) is 134 Å². The molecule has 0 saturated heterocycles. The lowest BCUT2D eigenvalue weighted by molar-refractivity contribution is -0.161.